The average molecular weight is 879 g/mol. The summed E-state index contributed by atoms with van der Waals surface area (Å²) in [6, 6.07) is 40.5. The van der Waals surface area contributed by atoms with Crippen molar-refractivity contribution < 1.29 is 0 Å². The molecule has 5 aromatic carbocycles. The maximum absolute atomic E-state index is 4.69. The topological polar surface area (TPSA) is 98.2 Å². The van der Waals surface area contributed by atoms with Gasteiger partial charge in [0.1, 0.15) is 0 Å². The van der Waals surface area contributed by atoms with Gasteiger partial charge in [-0.15, -0.1) is 0 Å². The molecule has 0 amide bonds. The lowest BCUT2D eigenvalue weighted by Crippen LogP contribution is -1.99. The minimum atomic E-state index is 0. The highest BCUT2D eigenvalue weighted by molar-refractivity contribution is 6.21. The Hall–Kier alpha value is -7.84. The molecule has 0 aromatic heterocycles. The van der Waals surface area contributed by atoms with Crippen LogP contribution in [-0.2, 0) is 0 Å². The van der Waals surface area contributed by atoms with Gasteiger partial charge in [0.15, 0.2) is 0 Å². The Morgan fingerprint density at radius 1 is 0.288 bits per heavy atom. The molecule has 0 saturated carbocycles. The van der Waals surface area contributed by atoms with Gasteiger partial charge in [-0.05, 0) is 184 Å². The average Bonchev–Trinajstić information content (AvgIpc) is 3.29. The van der Waals surface area contributed by atoms with Crippen LogP contribution in [0.3, 0.4) is 0 Å². The number of nitrogens with one attached hydrogen (secondary N) is 2. The fourth-order valence-electron chi connectivity index (χ4n) is 5.97. The maximum atomic E-state index is 4.69. The Bertz CT molecular complexity index is 2610. The van der Waals surface area contributed by atoms with Gasteiger partial charge in [0.05, 0.1) is 62.7 Å². The number of anilines is 3. The van der Waals surface area contributed by atoms with Gasteiger partial charge < -0.3 is 10.6 Å². The minimum Gasteiger partial charge on any atom is -0.388 e. The van der Waals surface area contributed by atoms with E-state index < -0.39 is 0 Å². The van der Waals surface area contributed by atoms with Crippen LogP contribution in [0.1, 0.15) is 55.7 Å². The Morgan fingerprint density at radius 3 is 0.758 bits per heavy atom. The predicted octanol–water partition coefficient (Wildman–Crippen LogP) is 16.8. The number of nitrogens with zero attached hydrogens (tertiary/aromatic N) is 6. The highest BCUT2D eigenvalue weighted by Crippen LogP contribution is 2.24. The second kappa shape index (κ2) is 28.1. The van der Waals surface area contributed by atoms with E-state index in [0.29, 0.717) is 0 Å². The maximum Gasteiger partial charge on any atom is 0.0638 e. The molecule has 8 nitrogen and oxygen atoms in total. The van der Waals surface area contributed by atoms with Crippen molar-refractivity contribution in [2.75, 3.05) is 24.7 Å². The number of hydrogen-bond acceptors (Lipinski definition) is 8. The van der Waals surface area contributed by atoms with E-state index in [1.807, 2.05) is 177 Å². The molecule has 5 aromatic rings. The Labute approximate surface area is 396 Å². The summed E-state index contributed by atoms with van der Waals surface area (Å²) in [5, 5.41) is 6.52. The third-order valence-corrected chi connectivity index (χ3v) is 9.35. The van der Waals surface area contributed by atoms with Crippen molar-refractivity contribution in [2.24, 2.45) is 30.0 Å². The number of rotatable bonds is 8. The molecule has 0 heterocycles. The second-order valence-electron chi connectivity index (χ2n) is 14.0. The molecule has 66 heavy (non-hydrogen) atoms. The van der Waals surface area contributed by atoms with Gasteiger partial charge in [0.25, 0.3) is 0 Å². The van der Waals surface area contributed by atoms with Crippen molar-refractivity contribution in [3.63, 3.8) is 0 Å². The standard InChI is InChI=1S/C26H24N4.C26H22N4.6CH4/c2*1-19-3-5-21(6-4-19)28-23-11-13-25(14-12-23)30-26-17-15-24(16-18-26)29-22-9-7-20(27-2)8-10-22;;;;;;/h3-18,27,29H,1-2H3;3-18H,1-2H3;6*1H4. The van der Waals surface area contributed by atoms with E-state index in [0.717, 1.165) is 79.8 Å². The van der Waals surface area contributed by atoms with Crippen LogP contribution in [-0.4, -0.2) is 48.4 Å². The minimum absolute atomic E-state index is 0. The van der Waals surface area contributed by atoms with Crippen LogP contribution in [0.2, 0.25) is 0 Å². The largest absolute Gasteiger partial charge is 0.388 e. The molecule has 3 aliphatic carbocycles. The third kappa shape index (κ3) is 17.0. The molecule has 8 rings (SSSR count). The van der Waals surface area contributed by atoms with Gasteiger partial charge in [-0.3, -0.25) is 4.99 Å². The van der Waals surface area contributed by atoms with Crippen molar-refractivity contribution in [3.8, 4) is 0 Å². The summed E-state index contributed by atoms with van der Waals surface area (Å²) in [5.41, 5.74) is 15.7. The molecular weight excluding hydrogens is 809 g/mol. The van der Waals surface area contributed by atoms with E-state index in [2.05, 4.69) is 73.7 Å². The molecule has 0 atom stereocenters. The molecule has 0 unspecified atom stereocenters. The van der Waals surface area contributed by atoms with Crippen LogP contribution in [0.4, 0.5) is 45.5 Å². The summed E-state index contributed by atoms with van der Waals surface area (Å²) >= 11 is 0. The highest BCUT2D eigenvalue weighted by Gasteiger charge is 2.04. The first-order valence-electron chi connectivity index (χ1n) is 19.7. The van der Waals surface area contributed by atoms with Crippen molar-refractivity contribution in [2.45, 2.75) is 58.4 Å². The first kappa shape index (κ1) is 56.2. The van der Waals surface area contributed by atoms with Crippen LogP contribution in [0.25, 0.3) is 0 Å². The first-order chi connectivity index (χ1) is 29.3. The summed E-state index contributed by atoms with van der Waals surface area (Å²) in [6.45, 7) is 4.14. The van der Waals surface area contributed by atoms with Crippen LogP contribution in [0, 0.1) is 13.8 Å². The smallest absolute Gasteiger partial charge is 0.0638 e. The first-order valence-corrected chi connectivity index (χ1v) is 19.7. The second-order valence-corrected chi connectivity index (χ2v) is 14.0. The van der Waals surface area contributed by atoms with E-state index in [1.165, 1.54) is 11.1 Å². The lowest BCUT2D eigenvalue weighted by molar-refractivity contribution is 1.43. The van der Waals surface area contributed by atoms with E-state index >= 15 is 0 Å². The Morgan fingerprint density at radius 2 is 0.500 bits per heavy atom. The zero-order valence-corrected chi connectivity index (χ0v) is 34.2. The SMILES string of the molecule is C.C.C.C.C.C.CN=C1C=CC(=Nc2ccc(N=C3C=CC(=Nc4ccc(C)cc4)C=C3)cc2)C=C1.CNc1ccc(Nc2ccc(N=C3C=CC(=Nc4ccc(C)cc4)C=C3)cc2)cc1. The predicted molar refractivity (Wildman–Crippen MR) is 299 cm³/mol. The van der Waals surface area contributed by atoms with Crippen LogP contribution in [0.15, 0.2) is 224 Å². The summed E-state index contributed by atoms with van der Waals surface area (Å²) in [7, 11) is 3.69. The van der Waals surface area contributed by atoms with Gasteiger partial charge in [0, 0.05) is 31.2 Å². The Kier molecular flexibility index (Phi) is 23.9. The number of aryl methyl sites for hydroxylation is 2. The molecule has 3 aliphatic rings. The van der Waals surface area contributed by atoms with E-state index in [1.54, 1.807) is 7.05 Å². The number of allylic oxidation sites excluding steroid dienone is 12. The Balaban J connectivity index is 0.000000605. The molecule has 0 radical (unpaired) electrons. The van der Waals surface area contributed by atoms with E-state index in [9.17, 15) is 0 Å². The van der Waals surface area contributed by atoms with Gasteiger partial charge in [-0.25, -0.2) is 25.0 Å². The monoisotopic (exact) mass is 879 g/mol. The van der Waals surface area contributed by atoms with Crippen LogP contribution in [0.5, 0.6) is 0 Å². The van der Waals surface area contributed by atoms with Crippen LogP contribution >= 0.6 is 0 Å². The fraction of sp³-hybridized carbons (Fsp3) is 0.172. The molecule has 0 aliphatic heterocycles. The zero-order chi connectivity index (χ0) is 41.5. The quantitative estimate of drug-likeness (QED) is 0.152. The van der Waals surface area contributed by atoms with Crippen LogP contribution < -0.4 is 10.6 Å². The third-order valence-electron chi connectivity index (χ3n) is 9.35. The van der Waals surface area contributed by atoms with E-state index in [4.69, 9.17) is 4.99 Å². The van der Waals surface area contributed by atoms with Gasteiger partial charge in [0.2, 0.25) is 0 Å². The molecule has 342 valence electrons. The molecular formula is C58H70N8. The molecule has 0 fully saturated rings. The van der Waals surface area contributed by atoms with Crippen molar-refractivity contribution in [1.82, 2.24) is 0 Å². The summed E-state index contributed by atoms with van der Waals surface area (Å²) < 4.78 is 0. The summed E-state index contributed by atoms with van der Waals surface area (Å²) in [5.74, 6) is 0. The van der Waals surface area contributed by atoms with Crippen molar-refractivity contribution in [1.29, 1.82) is 0 Å². The highest BCUT2D eigenvalue weighted by atomic mass is 14.9. The number of benzene rings is 5. The molecule has 2 N–H and O–H groups in total. The molecule has 0 spiro atoms. The molecule has 8 heteroatoms. The van der Waals surface area contributed by atoms with Gasteiger partial charge in [-0.2, -0.15) is 0 Å². The zero-order valence-electron chi connectivity index (χ0n) is 34.2. The normalized spacial score (nSPS) is 12.5. The number of aliphatic imine (C=N–C) groups is 6. The molecule has 0 saturated heterocycles. The lowest BCUT2D eigenvalue weighted by atomic mass is 10.1. The summed E-state index contributed by atoms with van der Waals surface area (Å²) in [4.78, 5) is 27.4. The van der Waals surface area contributed by atoms with Gasteiger partial charge in [-0.1, -0.05) is 80.0 Å². The number of hydrogen-bond donors (Lipinski definition) is 2. The van der Waals surface area contributed by atoms with Gasteiger partial charge >= 0.3 is 0 Å². The molecule has 0 bridgehead atoms. The summed E-state index contributed by atoms with van der Waals surface area (Å²) in [6.07, 6.45) is 23.7. The van der Waals surface area contributed by atoms with Crippen molar-refractivity contribution >= 4 is 79.8 Å². The fourth-order valence-corrected chi connectivity index (χ4v) is 5.97. The van der Waals surface area contributed by atoms with Crippen molar-refractivity contribution in [3.05, 3.63) is 205 Å². The van der Waals surface area contributed by atoms with E-state index in [-0.39, 0.29) is 44.6 Å². The lowest BCUT2D eigenvalue weighted by Gasteiger charge is -2.08.